The molecule has 0 amide bonds. The molecule has 1 heterocycles. The highest BCUT2D eigenvalue weighted by atomic mass is 32.2. The van der Waals surface area contributed by atoms with Crippen LogP contribution in [0.1, 0.15) is 26.7 Å². The summed E-state index contributed by atoms with van der Waals surface area (Å²) in [6.45, 7) is 5.21. The number of benzene rings is 1. The zero-order valence-corrected chi connectivity index (χ0v) is 15.9. The first-order valence-corrected chi connectivity index (χ1v) is 9.69. The van der Waals surface area contributed by atoms with Crippen molar-refractivity contribution < 1.29 is 25.8 Å². The van der Waals surface area contributed by atoms with Crippen LogP contribution >= 0.6 is 0 Å². The Hall–Kier alpha value is -2.30. The largest absolute Gasteiger partial charge is 0.534 e. The molecule has 0 saturated heterocycles. The third kappa shape index (κ3) is 4.18. The van der Waals surface area contributed by atoms with Crippen molar-refractivity contribution in [3.63, 3.8) is 0 Å². The second kappa shape index (κ2) is 7.75. The van der Waals surface area contributed by atoms with Gasteiger partial charge in [0.25, 0.3) is 5.56 Å². The Bertz CT molecular complexity index is 981. The van der Waals surface area contributed by atoms with E-state index in [-0.39, 0.29) is 10.9 Å². The zero-order valence-electron chi connectivity index (χ0n) is 15.1. The zero-order chi connectivity index (χ0) is 20.4. The van der Waals surface area contributed by atoms with Gasteiger partial charge in [-0.05, 0) is 25.0 Å². The molecule has 0 saturated carbocycles. The van der Waals surface area contributed by atoms with Gasteiger partial charge in [-0.3, -0.25) is 9.36 Å². The SMILES string of the molecule is CCCN(CCC)c1nc2cccc(OS(=O)(=O)C(F)(F)F)c2c(=O)n1C. The lowest BCUT2D eigenvalue weighted by Gasteiger charge is -2.24. The Morgan fingerprint density at radius 2 is 1.78 bits per heavy atom. The molecule has 150 valence electrons. The van der Waals surface area contributed by atoms with E-state index in [0.29, 0.717) is 19.0 Å². The third-order valence-electron chi connectivity index (χ3n) is 3.80. The highest BCUT2D eigenvalue weighted by Gasteiger charge is 2.48. The first-order valence-electron chi connectivity index (χ1n) is 8.29. The number of fused-ring (bicyclic) bond motifs is 1. The fourth-order valence-electron chi connectivity index (χ4n) is 2.64. The van der Waals surface area contributed by atoms with E-state index in [1.807, 2.05) is 18.7 Å². The molecule has 7 nitrogen and oxygen atoms in total. The standard InChI is InChI=1S/C16H20F3N3O4S/c1-4-9-22(10-5-2)15-20-11-7-6-8-12(13(11)14(23)21(15)3)26-27(24,25)16(17,18)19/h6-8H,4-5,9-10H2,1-3H3. The molecule has 1 aromatic heterocycles. The highest BCUT2D eigenvalue weighted by Crippen LogP contribution is 2.30. The minimum absolute atomic E-state index is 0.0557. The Morgan fingerprint density at radius 1 is 1.19 bits per heavy atom. The first-order chi connectivity index (χ1) is 12.5. The minimum Gasteiger partial charge on any atom is -0.375 e. The highest BCUT2D eigenvalue weighted by molar-refractivity contribution is 7.88. The minimum atomic E-state index is -5.90. The van der Waals surface area contributed by atoms with Gasteiger partial charge in [0.15, 0.2) is 5.75 Å². The van der Waals surface area contributed by atoms with Crippen LogP contribution in [0, 0.1) is 0 Å². The van der Waals surface area contributed by atoms with E-state index in [4.69, 9.17) is 0 Å². The molecule has 2 aromatic rings. The van der Waals surface area contributed by atoms with Gasteiger partial charge in [-0.2, -0.15) is 21.6 Å². The molecule has 0 unspecified atom stereocenters. The summed E-state index contributed by atoms with van der Waals surface area (Å²) in [5, 5.41) is -0.329. The van der Waals surface area contributed by atoms with Gasteiger partial charge in [-0.25, -0.2) is 4.98 Å². The summed E-state index contributed by atoms with van der Waals surface area (Å²) in [4.78, 5) is 19.0. The Morgan fingerprint density at radius 3 is 2.30 bits per heavy atom. The van der Waals surface area contributed by atoms with Gasteiger partial charge in [-0.15, -0.1) is 0 Å². The molecule has 0 aliphatic carbocycles. The van der Waals surface area contributed by atoms with E-state index in [9.17, 15) is 26.4 Å². The van der Waals surface area contributed by atoms with Gasteiger partial charge < -0.3 is 9.08 Å². The monoisotopic (exact) mass is 407 g/mol. The molecule has 0 spiro atoms. The maximum atomic E-state index is 12.8. The summed E-state index contributed by atoms with van der Waals surface area (Å²) in [7, 11) is -4.47. The van der Waals surface area contributed by atoms with Crippen LogP contribution in [0.2, 0.25) is 0 Å². The van der Waals surface area contributed by atoms with E-state index in [1.165, 1.54) is 23.7 Å². The van der Waals surface area contributed by atoms with Crippen LogP contribution in [-0.2, 0) is 17.2 Å². The van der Waals surface area contributed by atoms with E-state index in [0.717, 1.165) is 18.9 Å². The van der Waals surface area contributed by atoms with Gasteiger partial charge in [0.2, 0.25) is 5.95 Å². The number of alkyl halides is 3. The average Bonchev–Trinajstić information content (AvgIpc) is 2.56. The van der Waals surface area contributed by atoms with Crippen molar-refractivity contribution in [3.05, 3.63) is 28.6 Å². The maximum Gasteiger partial charge on any atom is 0.534 e. The van der Waals surface area contributed by atoms with Gasteiger partial charge >= 0.3 is 15.6 Å². The topological polar surface area (TPSA) is 81.5 Å². The van der Waals surface area contributed by atoms with Crippen LogP contribution in [0.5, 0.6) is 5.75 Å². The lowest BCUT2D eigenvalue weighted by atomic mass is 10.2. The van der Waals surface area contributed by atoms with Gasteiger partial charge in [-0.1, -0.05) is 19.9 Å². The van der Waals surface area contributed by atoms with Crippen molar-refractivity contribution in [2.24, 2.45) is 7.05 Å². The second-order valence-corrected chi connectivity index (χ2v) is 7.43. The first kappa shape index (κ1) is 21.0. The smallest absolute Gasteiger partial charge is 0.375 e. The van der Waals surface area contributed by atoms with Gasteiger partial charge in [0.05, 0.1) is 5.52 Å². The molecule has 2 rings (SSSR count). The predicted octanol–water partition coefficient (Wildman–Crippen LogP) is 2.79. The molecule has 11 heteroatoms. The molecule has 0 radical (unpaired) electrons. The summed E-state index contributed by atoms with van der Waals surface area (Å²) in [5.41, 5.74) is -6.24. The fourth-order valence-corrected chi connectivity index (χ4v) is 3.11. The van der Waals surface area contributed by atoms with Crippen molar-refractivity contribution in [1.82, 2.24) is 9.55 Å². The molecule has 0 aliphatic heterocycles. The van der Waals surface area contributed by atoms with Crippen LogP contribution in [0.3, 0.4) is 0 Å². The number of nitrogens with zero attached hydrogens (tertiary/aromatic N) is 3. The summed E-state index contributed by atoms with van der Waals surface area (Å²) < 4.78 is 65.9. The Kier molecular flexibility index (Phi) is 6.03. The number of hydrogen-bond donors (Lipinski definition) is 0. The molecule has 0 aliphatic rings. The van der Waals surface area contributed by atoms with Crippen LogP contribution < -0.4 is 14.6 Å². The second-order valence-electron chi connectivity index (χ2n) is 5.90. The normalized spacial score (nSPS) is 12.4. The molecule has 0 bridgehead atoms. The van der Waals surface area contributed by atoms with E-state index in [2.05, 4.69) is 9.17 Å². The van der Waals surface area contributed by atoms with Crippen LogP contribution in [0.4, 0.5) is 19.1 Å². The number of aromatic nitrogens is 2. The van der Waals surface area contributed by atoms with Gasteiger partial charge in [0.1, 0.15) is 5.39 Å². The molecule has 27 heavy (non-hydrogen) atoms. The molecule has 0 N–H and O–H groups in total. The predicted molar refractivity (Wildman–Crippen MR) is 95.4 cm³/mol. The molecular weight excluding hydrogens is 387 g/mol. The summed E-state index contributed by atoms with van der Waals surface area (Å²) in [6, 6.07) is 3.69. The Balaban J connectivity index is 2.66. The van der Waals surface area contributed by atoms with Crippen molar-refractivity contribution in [1.29, 1.82) is 0 Å². The number of hydrogen-bond acceptors (Lipinski definition) is 6. The van der Waals surface area contributed by atoms with Crippen LogP contribution in [0.25, 0.3) is 10.9 Å². The van der Waals surface area contributed by atoms with Crippen molar-refractivity contribution in [2.45, 2.75) is 32.2 Å². The Labute approximate surface area is 154 Å². The van der Waals surface area contributed by atoms with E-state index >= 15 is 0 Å². The lowest BCUT2D eigenvalue weighted by Crippen LogP contribution is -2.33. The summed E-state index contributed by atoms with van der Waals surface area (Å²) in [5.74, 6) is -0.353. The number of rotatable bonds is 7. The summed E-state index contributed by atoms with van der Waals surface area (Å²) in [6.07, 6.45) is 1.61. The molecular formula is C16H20F3N3O4S. The molecule has 1 aromatic carbocycles. The van der Waals surface area contributed by atoms with Crippen LogP contribution in [-0.4, -0.2) is 36.6 Å². The van der Waals surface area contributed by atoms with Gasteiger partial charge in [0, 0.05) is 20.1 Å². The summed E-state index contributed by atoms with van der Waals surface area (Å²) >= 11 is 0. The number of anilines is 1. The fraction of sp³-hybridized carbons (Fsp3) is 0.500. The lowest BCUT2D eigenvalue weighted by molar-refractivity contribution is -0.0499. The average molecular weight is 407 g/mol. The quantitative estimate of drug-likeness (QED) is 0.519. The van der Waals surface area contributed by atoms with Crippen molar-refractivity contribution in [2.75, 3.05) is 18.0 Å². The van der Waals surface area contributed by atoms with Crippen LogP contribution in [0.15, 0.2) is 23.0 Å². The van der Waals surface area contributed by atoms with Crippen molar-refractivity contribution in [3.8, 4) is 5.75 Å². The third-order valence-corrected chi connectivity index (χ3v) is 4.76. The number of halogens is 3. The maximum absolute atomic E-state index is 12.8. The van der Waals surface area contributed by atoms with E-state index < -0.39 is 26.9 Å². The molecule has 0 atom stereocenters. The van der Waals surface area contributed by atoms with Crippen molar-refractivity contribution >= 4 is 27.0 Å². The molecule has 0 fully saturated rings. The van der Waals surface area contributed by atoms with E-state index in [1.54, 1.807) is 0 Å².